The first kappa shape index (κ1) is 25.7. The summed E-state index contributed by atoms with van der Waals surface area (Å²) in [4.78, 5) is 19.6. The van der Waals surface area contributed by atoms with Gasteiger partial charge in [-0.1, -0.05) is 127 Å². The Hall–Kier alpha value is -6.00. The van der Waals surface area contributed by atoms with Gasteiger partial charge in [0.1, 0.15) is 0 Å². The van der Waals surface area contributed by atoms with Gasteiger partial charge in [-0.05, 0) is 35.4 Å². The molecule has 0 aliphatic heterocycles. The molecule has 0 saturated heterocycles. The number of rotatable bonds is 5. The van der Waals surface area contributed by atoms with E-state index < -0.39 is 0 Å². The summed E-state index contributed by atoms with van der Waals surface area (Å²) in [6.45, 7) is 0. The summed E-state index contributed by atoms with van der Waals surface area (Å²) in [6.07, 6.45) is 1.82. The maximum atomic E-state index is 5.02. The van der Waals surface area contributed by atoms with Gasteiger partial charge in [-0.25, -0.2) is 15.0 Å². The van der Waals surface area contributed by atoms with Crippen LogP contribution in [0.3, 0.4) is 0 Å². The van der Waals surface area contributed by atoms with Crippen molar-refractivity contribution < 1.29 is 0 Å². The molecule has 3 aromatic heterocycles. The summed E-state index contributed by atoms with van der Waals surface area (Å²) in [5.41, 5.74) is 11.0. The molecule has 0 saturated carbocycles. The lowest BCUT2D eigenvalue weighted by Gasteiger charge is -2.11. The summed E-state index contributed by atoms with van der Waals surface area (Å²) in [5, 5.41) is 2.18. The van der Waals surface area contributed by atoms with E-state index in [0.717, 1.165) is 72.3 Å². The first-order chi connectivity index (χ1) is 21.8. The van der Waals surface area contributed by atoms with Gasteiger partial charge in [0.25, 0.3) is 0 Å². The van der Waals surface area contributed by atoms with E-state index in [4.69, 9.17) is 15.0 Å². The van der Waals surface area contributed by atoms with Crippen molar-refractivity contribution in [3.63, 3.8) is 0 Å². The lowest BCUT2D eigenvalue weighted by Crippen LogP contribution is -1.96. The Labute approximate surface area is 255 Å². The number of hydrogen-bond donors (Lipinski definition) is 0. The first-order valence-corrected chi connectivity index (χ1v) is 14.6. The molecule has 3 heterocycles. The van der Waals surface area contributed by atoms with E-state index in [1.807, 2.05) is 48.7 Å². The van der Waals surface area contributed by atoms with Gasteiger partial charge in [0.05, 0.1) is 28.1 Å². The molecule has 4 nitrogen and oxygen atoms in total. The molecule has 0 bridgehead atoms. The minimum atomic E-state index is 0.711. The number of fused-ring (bicyclic) bond motifs is 3. The number of nitrogens with zero attached hydrogens (tertiary/aromatic N) is 4. The lowest BCUT2D eigenvalue weighted by atomic mass is 9.99. The van der Waals surface area contributed by atoms with Crippen LogP contribution in [-0.2, 0) is 0 Å². The minimum Gasteiger partial charge on any atom is -0.254 e. The van der Waals surface area contributed by atoms with Gasteiger partial charge in [0.15, 0.2) is 5.82 Å². The molecule has 0 amide bonds. The number of hydrogen-bond acceptors (Lipinski definition) is 4. The van der Waals surface area contributed by atoms with Crippen LogP contribution in [0.5, 0.6) is 0 Å². The fraction of sp³-hybridized carbons (Fsp3) is 0. The third-order valence-corrected chi connectivity index (χ3v) is 7.93. The van der Waals surface area contributed by atoms with Gasteiger partial charge >= 0.3 is 0 Å². The van der Waals surface area contributed by atoms with Crippen molar-refractivity contribution in [2.75, 3.05) is 0 Å². The SMILES string of the molecule is c1ccc(-c2cc(-c3cccc(-c4ccc(-c5ccc6ccc7cccnc7c6n5)cc4)c3)nc(-c3ccccc3)n2)cc1. The first-order valence-electron chi connectivity index (χ1n) is 14.6. The van der Waals surface area contributed by atoms with Gasteiger partial charge in [-0.2, -0.15) is 0 Å². The van der Waals surface area contributed by atoms with Gasteiger partial charge in [0, 0.05) is 39.2 Å². The van der Waals surface area contributed by atoms with Crippen LogP contribution < -0.4 is 0 Å². The lowest BCUT2D eigenvalue weighted by molar-refractivity contribution is 1.18. The van der Waals surface area contributed by atoms with Crippen LogP contribution in [0.15, 0.2) is 158 Å². The summed E-state index contributed by atoms with van der Waals surface area (Å²) in [6, 6.07) is 52.1. The van der Waals surface area contributed by atoms with E-state index in [1.165, 1.54) is 0 Å². The zero-order chi connectivity index (χ0) is 29.3. The molecule has 0 unspecified atom stereocenters. The van der Waals surface area contributed by atoms with Crippen LogP contribution in [0.4, 0.5) is 0 Å². The van der Waals surface area contributed by atoms with Crippen LogP contribution in [0.1, 0.15) is 0 Å². The van der Waals surface area contributed by atoms with Crippen molar-refractivity contribution in [1.29, 1.82) is 0 Å². The van der Waals surface area contributed by atoms with E-state index in [-0.39, 0.29) is 0 Å². The average Bonchev–Trinajstić information content (AvgIpc) is 3.12. The molecular weight excluding hydrogens is 536 g/mol. The third kappa shape index (κ3) is 4.89. The highest BCUT2D eigenvalue weighted by Crippen LogP contribution is 2.32. The Kier molecular flexibility index (Phi) is 6.43. The van der Waals surface area contributed by atoms with E-state index in [2.05, 4.69) is 114 Å². The maximum Gasteiger partial charge on any atom is 0.160 e. The Morgan fingerprint density at radius 3 is 1.68 bits per heavy atom. The highest BCUT2D eigenvalue weighted by atomic mass is 14.9. The summed E-state index contributed by atoms with van der Waals surface area (Å²) in [5.74, 6) is 0.711. The molecule has 4 heteroatoms. The topological polar surface area (TPSA) is 51.6 Å². The quantitative estimate of drug-likeness (QED) is 0.196. The number of benzene rings is 5. The maximum absolute atomic E-state index is 5.02. The fourth-order valence-electron chi connectivity index (χ4n) is 5.64. The molecule has 0 fully saturated rings. The second-order valence-corrected chi connectivity index (χ2v) is 10.8. The second-order valence-electron chi connectivity index (χ2n) is 10.8. The molecular formula is C40H26N4. The van der Waals surface area contributed by atoms with Crippen molar-refractivity contribution in [3.05, 3.63) is 158 Å². The predicted octanol–water partition coefficient (Wildman–Crippen LogP) is 9.91. The Morgan fingerprint density at radius 2 is 0.909 bits per heavy atom. The van der Waals surface area contributed by atoms with Crippen LogP contribution in [0.25, 0.3) is 78.1 Å². The number of aromatic nitrogens is 4. The molecule has 8 rings (SSSR count). The standard InChI is InChI=1S/C40H26N4/c1-3-9-28(10-4-1)36-26-37(44-40(43-36)32-11-5-2-6-12-32)34-14-7-13-33(25-34)27-16-18-29(19-17-27)35-23-22-31-21-20-30-15-8-24-41-38(30)39(31)42-35/h1-26H. The summed E-state index contributed by atoms with van der Waals surface area (Å²) in [7, 11) is 0. The largest absolute Gasteiger partial charge is 0.254 e. The van der Waals surface area contributed by atoms with Gasteiger partial charge in [-0.3, -0.25) is 4.98 Å². The molecule has 0 aliphatic carbocycles. The minimum absolute atomic E-state index is 0.711. The Balaban J connectivity index is 1.16. The summed E-state index contributed by atoms with van der Waals surface area (Å²) < 4.78 is 0. The molecule has 0 spiro atoms. The Morgan fingerprint density at radius 1 is 0.318 bits per heavy atom. The van der Waals surface area contributed by atoms with Crippen molar-refractivity contribution in [1.82, 2.24) is 19.9 Å². The molecule has 8 aromatic rings. The van der Waals surface area contributed by atoms with Crippen LogP contribution in [0, 0.1) is 0 Å². The molecule has 0 aliphatic rings. The smallest absolute Gasteiger partial charge is 0.160 e. The molecule has 0 radical (unpaired) electrons. The summed E-state index contributed by atoms with van der Waals surface area (Å²) >= 11 is 0. The Bertz CT molecular complexity index is 2200. The van der Waals surface area contributed by atoms with Crippen molar-refractivity contribution in [2.45, 2.75) is 0 Å². The molecule has 0 atom stereocenters. The number of pyridine rings is 2. The van der Waals surface area contributed by atoms with E-state index in [1.54, 1.807) is 0 Å². The van der Waals surface area contributed by atoms with Crippen molar-refractivity contribution in [2.24, 2.45) is 0 Å². The van der Waals surface area contributed by atoms with Crippen LogP contribution in [0.2, 0.25) is 0 Å². The molecule has 0 N–H and O–H groups in total. The zero-order valence-corrected chi connectivity index (χ0v) is 23.8. The van der Waals surface area contributed by atoms with E-state index in [9.17, 15) is 0 Å². The van der Waals surface area contributed by atoms with Crippen LogP contribution >= 0.6 is 0 Å². The fourth-order valence-corrected chi connectivity index (χ4v) is 5.64. The van der Waals surface area contributed by atoms with E-state index >= 15 is 0 Å². The molecule has 5 aromatic carbocycles. The highest BCUT2D eigenvalue weighted by Gasteiger charge is 2.12. The van der Waals surface area contributed by atoms with Gasteiger partial charge < -0.3 is 0 Å². The normalized spacial score (nSPS) is 11.2. The monoisotopic (exact) mass is 562 g/mol. The van der Waals surface area contributed by atoms with Crippen molar-refractivity contribution in [3.8, 4) is 56.3 Å². The second kappa shape index (κ2) is 11.0. The zero-order valence-electron chi connectivity index (χ0n) is 23.8. The van der Waals surface area contributed by atoms with Gasteiger partial charge in [0.2, 0.25) is 0 Å². The molecule has 44 heavy (non-hydrogen) atoms. The van der Waals surface area contributed by atoms with E-state index in [0.29, 0.717) is 5.82 Å². The van der Waals surface area contributed by atoms with Crippen LogP contribution in [-0.4, -0.2) is 19.9 Å². The average molecular weight is 563 g/mol. The highest BCUT2D eigenvalue weighted by molar-refractivity contribution is 6.03. The van der Waals surface area contributed by atoms with Crippen molar-refractivity contribution >= 4 is 21.8 Å². The van der Waals surface area contributed by atoms with Gasteiger partial charge in [-0.15, -0.1) is 0 Å². The third-order valence-electron chi connectivity index (χ3n) is 7.93. The predicted molar refractivity (Wildman–Crippen MR) is 180 cm³/mol. The molecule has 206 valence electrons.